The quantitative estimate of drug-likeness (QED) is 0.673. The second-order valence-electron chi connectivity index (χ2n) is 6.05. The van der Waals surface area contributed by atoms with Gasteiger partial charge in [-0.15, -0.1) is 0 Å². The Kier molecular flexibility index (Phi) is 7.02. The third-order valence-corrected chi connectivity index (χ3v) is 5.20. The van der Waals surface area contributed by atoms with Crippen LogP contribution in [0.5, 0.6) is 0 Å². The minimum Gasteiger partial charge on any atom is -0.352 e. The lowest BCUT2D eigenvalue weighted by Gasteiger charge is -2.11. The Bertz CT molecular complexity index is 852. The van der Waals surface area contributed by atoms with Crippen LogP contribution in [0.2, 0.25) is 5.02 Å². The lowest BCUT2D eigenvalue weighted by atomic mass is 10.2. The molecule has 2 aromatic rings. The Morgan fingerprint density at radius 1 is 1.12 bits per heavy atom. The predicted molar refractivity (Wildman–Crippen MR) is 104 cm³/mol. The van der Waals surface area contributed by atoms with Crippen molar-refractivity contribution in [2.75, 3.05) is 31.9 Å². The van der Waals surface area contributed by atoms with Gasteiger partial charge in [0, 0.05) is 17.1 Å². The summed E-state index contributed by atoms with van der Waals surface area (Å²) in [6, 6.07) is 12.2. The van der Waals surface area contributed by atoms with Crippen molar-refractivity contribution in [2.45, 2.75) is 11.3 Å². The van der Waals surface area contributed by atoms with Gasteiger partial charge < -0.3 is 10.2 Å². The van der Waals surface area contributed by atoms with E-state index in [2.05, 4.69) is 10.0 Å². The van der Waals surface area contributed by atoms with E-state index in [4.69, 9.17) is 11.6 Å². The number of nitrogens with zero attached hydrogens (tertiary/aromatic N) is 1. The minimum absolute atomic E-state index is 0.0710. The van der Waals surface area contributed by atoms with Crippen molar-refractivity contribution in [1.82, 2.24) is 10.2 Å². The van der Waals surface area contributed by atoms with Crippen LogP contribution in [0.25, 0.3) is 0 Å². The molecule has 0 saturated carbocycles. The van der Waals surface area contributed by atoms with Crippen molar-refractivity contribution in [3.63, 3.8) is 0 Å². The summed E-state index contributed by atoms with van der Waals surface area (Å²) in [4.78, 5) is 14.2. The van der Waals surface area contributed by atoms with E-state index in [9.17, 15) is 13.2 Å². The number of sulfonamides is 1. The monoisotopic (exact) mass is 395 g/mol. The van der Waals surface area contributed by atoms with Crippen LogP contribution in [-0.4, -0.2) is 46.4 Å². The number of rotatable bonds is 8. The van der Waals surface area contributed by atoms with Crippen LogP contribution >= 0.6 is 11.6 Å². The highest BCUT2D eigenvalue weighted by atomic mass is 35.5. The number of nitrogens with one attached hydrogen (secondary N) is 2. The fraction of sp³-hybridized carbons (Fsp3) is 0.278. The van der Waals surface area contributed by atoms with E-state index in [-0.39, 0.29) is 10.8 Å². The molecule has 0 bridgehead atoms. The van der Waals surface area contributed by atoms with E-state index in [1.54, 1.807) is 18.2 Å². The molecule has 140 valence electrons. The molecule has 2 N–H and O–H groups in total. The van der Waals surface area contributed by atoms with Crippen LogP contribution in [0.3, 0.4) is 0 Å². The Morgan fingerprint density at radius 2 is 1.81 bits per heavy atom. The Labute approximate surface area is 159 Å². The van der Waals surface area contributed by atoms with Crippen molar-refractivity contribution in [2.24, 2.45) is 0 Å². The first-order chi connectivity index (χ1) is 12.3. The van der Waals surface area contributed by atoms with Crippen molar-refractivity contribution in [3.8, 4) is 0 Å². The van der Waals surface area contributed by atoms with Gasteiger partial charge in [-0.1, -0.05) is 17.7 Å². The van der Waals surface area contributed by atoms with Crippen LogP contribution in [0.15, 0.2) is 53.4 Å². The Morgan fingerprint density at radius 3 is 2.42 bits per heavy atom. The molecule has 26 heavy (non-hydrogen) atoms. The maximum atomic E-state index is 12.4. The van der Waals surface area contributed by atoms with Gasteiger partial charge >= 0.3 is 0 Å². The molecule has 2 rings (SSSR count). The van der Waals surface area contributed by atoms with Crippen LogP contribution in [0.1, 0.15) is 16.8 Å². The molecule has 8 heteroatoms. The fourth-order valence-corrected chi connectivity index (χ4v) is 3.49. The minimum atomic E-state index is -3.75. The maximum absolute atomic E-state index is 12.4. The smallest absolute Gasteiger partial charge is 0.261 e. The highest BCUT2D eigenvalue weighted by molar-refractivity contribution is 7.92. The Hall–Kier alpha value is -2.09. The zero-order chi connectivity index (χ0) is 19.2. The molecule has 0 aromatic heterocycles. The van der Waals surface area contributed by atoms with Gasteiger partial charge in [-0.05, 0) is 69.5 Å². The standard InChI is InChI=1S/C18H22ClN3O3S/c1-22(2)12-4-11-20-18(23)14-7-9-17(10-8-14)26(24,25)21-16-6-3-5-15(19)13-16/h3,5-10,13,21H,4,11-12H2,1-2H3,(H,20,23). The van der Waals surface area contributed by atoms with E-state index >= 15 is 0 Å². The molecule has 0 aliphatic carbocycles. The van der Waals surface area contributed by atoms with E-state index in [1.165, 1.54) is 30.3 Å². The van der Waals surface area contributed by atoms with E-state index in [0.717, 1.165) is 13.0 Å². The summed E-state index contributed by atoms with van der Waals surface area (Å²) < 4.78 is 27.3. The third kappa shape index (κ3) is 6.01. The Balaban J connectivity index is 2.00. The lowest BCUT2D eigenvalue weighted by molar-refractivity contribution is 0.0952. The summed E-state index contributed by atoms with van der Waals surface area (Å²) in [5.41, 5.74) is 0.789. The topological polar surface area (TPSA) is 78.5 Å². The normalized spacial score (nSPS) is 11.4. The molecule has 6 nitrogen and oxygen atoms in total. The lowest BCUT2D eigenvalue weighted by Crippen LogP contribution is -2.27. The number of halogens is 1. The molecule has 2 aromatic carbocycles. The van der Waals surface area contributed by atoms with Gasteiger partial charge in [0.2, 0.25) is 0 Å². The molecule has 0 atom stereocenters. The highest BCUT2D eigenvalue weighted by Gasteiger charge is 2.15. The first-order valence-corrected chi connectivity index (χ1v) is 9.95. The highest BCUT2D eigenvalue weighted by Crippen LogP contribution is 2.19. The van der Waals surface area contributed by atoms with Crippen molar-refractivity contribution < 1.29 is 13.2 Å². The zero-order valence-corrected chi connectivity index (χ0v) is 16.3. The molecule has 0 radical (unpaired) electrons. The largest absolute Gasteiger partial charge is 0.352 e. The first-order valence-electron chi connectivity index (χ1n) is 8.09. The average Bonchev–Trinajstić information content (AvgIpc) is 2.58. The molecule has 0 aliphatic heterocycles. The van der Waals surface area contributed by atoms with Crippen LogP contribution in [-0.2, 0) is 10.0 Å². The molecule has 0 aliphatic rings. The average molecular weight is 396 g/mol. The molecular weight excluding hydrogens is 374 g/mol. The molecule has 1 amide bonds. The summed E-state index contributed by atoms with van der Waals surface area (Å²) in [6.07, 6.45) is 0.842. The number of amides is 1. The molecule has 0 heterocycles. The van der Waals surface area contributed by atoms with Crippen LogP contribution < -0.4 is 10.0 Å². The maximum Gasteiger partial charge on any atom is 0.261 e. The third-order valence-electron chi connectivity index (χ3n) is 3.57. The van der Waals surface area contributed by atoms with Gasteiger partial charge in [-0.25, -0.2) is 8.42 Å². The molecule has 0 fully saturated rings. The summed E-state index contributed by atoms with van der Waals surface area (Å²) in [5, 5.41) is 3.25. The molecular formula is C18H22ClN3O3S. The molecule has 0 saturated heterocycles. The van der Waals surface area contributed by atoms with Gasteiger partial charge in [0.05, 0.1) is 10.6 Å². The van der Waals surface area contributed by atoms with Crippen molar-refractivity contribution >= 4 is 33.2 Å². The number of hydrogen-bond acceptors (Lipinski definition) is 4. The number of anilines is 1. The first kappa shape index (κ1) is 20.2. The van der Waals surface area contributed by atoms with Crippen LogP contribution in [0.4, 0.5) is 5.69 Å². The second kappa shape index (κ2) is 9.02. The van der Waals surface area contributed by atoms with Gasteiger partial charge in [-0.3, -0.25) is 9.52 Å². The van der Waals surface area contributed by atoms with Gasteiger partial charge in [0.25, 0.3) is 15.9 Å². The summed E-state index contributed by atoms with van der Waals surface area (Å²) in [5.74, 6) is -0.226. The van der Waals surface area contributed by atoms with Gasteiger partial charge in [0.15, 0.2) is 0 Å². The van der Waals surface area contributed by atoms with E-state index < -0.39 is 10.0 Å². The second-order valence-corrected chi connectivity index (χ2v) is 8.17. The van der Waals surface area contributed by atoms with Crippen molar-refractivity contribution in [3.05, 3.63) is 59.1 Å². The van der Waals surface area contributed by atoms with E-state index in [1.807, 2.05) is 19.0 Å². The molecule has 0 unspecified atom stereocenters. The van der Waals surface area contributed by atoms with Gasteiger partial charge in [0.1, 0.15) is 0 Å². The number of carbonyl (C=O) groups is 1. The van der Waals surface area contributed by atoms with Crippen LogP contribution in [0, 0.1) is 0 Å². The SMILES string of the molecule is CN(C)CCCNC(=O)c1ccc(S(=O)(=O)Nc2cccc(Cl)c2)cc1. The van der Waals surface area contributed by atoms with Gasteiger partial charge in [-0.2, -0.15) is 0 Å². The zero-order valence-electron chi connectivity index (χ0n) is 14.7. The summed E-state index contributed by atoms with van der Waals surface area (Å²) in [6.45, 7) is 1.44. The predicted octanol–water partition coefficient (Wildman–Crippen LogP) is 2.82. The summed E-state index contributed by atoms with van der Waals surface area (Å²) in [7, 11) is 0.192. The van der Waals surface area contributed by atoms with Crippen molar-refractivity contribution in [1.29, 1.82) is 0 Å². The number of benzene rings is 2. The summed E-state index contributed by atoms with van der Waals surface area (Å²) >= 11 is 5.86. The molecule has 0 spiro atoms. The number of carbonyl (C=O) groups excluding carboxylic acids is 1. The fourth-order valence-electron chi connectivity index (χ4n) is 2.25. The van der Waals surface area contributed by atoms with E-state index in [0.29, 0.717) is 22.8 Å². The number of hydrogen-bond donors (Lipinski definition) is 2.